The third kappa shape index (κ3) is 6.50. The lowest BCUT2D eigenvalue weighted by Gasteiger charge is -2.35. The van der Waals surface area contributed by atoms with Crippen LogP contribution in [0.1, 0.15) is 87.5 Å². The van der Waals surface area contributed by atoms with E-state index in [0.717, 1.165) is 50.7 Å². The first-order chi connectivity index (χ1) is 14.5. The molecule has 0 heterocycles. The van der Waals surface area contributed by atoms with Gasteiger partial charge in [-0.1, -0.05) is 95.2 Å². The van der Waals surface area contributed by atoms with Gasteiger partial charge in [0.1, 0.15) is 0 Å². The van der Waals surface area contributed by atoms with Crippen LogP contribution in [0.2, 0.25) is 0 Å². The molecule has 6 heteroatoms. The Morgan fingerprint density at radius 3 is 1.29 bits per heavy atom. The fourth-order valence-electron chi connectivity index (χ4n) is 4.27. The monoisotopic (exact) mass is 444 g/mol. The Labute approximate surface area is 180 Å². The highest BCUT2D eigenvalue weighted by Crippen LogP contribution is 2.47. The number of hydrogen-bond donors (Lipinski definition) is 0. The number of rotatable bonds is 10. The second-order valence-electron chi connectivity index (χ2n) is 8.29. The zero-order valence-corrected chi connectivity index (χ0v) is 18.0. The van der Waals surface area contributed by atoms with Gasteiger partial charge < -0.3 is 0 Å². The third-order valence-corrected chi connectivity index (χ3v) is 5.93. The molecule has 0 saturated carbocycles. The molecule has 2 rings (SSSR count). The van der Waals surface area contributed by atoms with Crippen molar-refractivity contribution in [2.45, 2.75) is 83.0 Å². The Hall–Kier alpha value is -1.98. The molecule has 31 heavy (non-hydrogen) atoms. The second-order valence-corrected chi connectivity index (χ2v) is 8.29. The SMILES string of the molecule is CCCCCCCCCC(C)(c1ccccc1C(F)(F)F)c1ccccc1C(F)(F)F. The van der Waals surface area contributed by atoms with E-state index in [4.69, 9.17) is 0 Å². The molecule has 0 aliphatic rings. The Morgan fingerprint density at radius 2 is 0.903 bits per heavy atom. The predicted molar refractivity (Wildman–Crippen MR) is 112 cm³/mol. The molecule has 172 valence electrons. The van der Waals surface area contributed by atoms with Crippen LogP contribution in [0.3, 0.4) is 0 Å². The van der Waals surface area contributed by atoms with Gasteiger partial charge in [-0.05, 0) is 29.7 Å². The summed E-state index contributed by atoms with van der Waals surface area (Å²) in [5, 5.41) is 0. The fourth-order valence-corrected chi connectivity index (χ4v) is 4.27. The van der Waals surface area contributed by atoms with Crippen molar-refractivity contribution in [1.82, 2.24) is 0 Å². The molecule has 0 N–H and O–H groups in total. The van der Waals surface area contributed by atoms with E-state index >= 15 is 0 Å². The van der Waals surface area contributed by atoms with Crippen LogP contribution in [0.15, 0.2) is 48.5 Å². The van der Waals surface area contributed by atoms with Crippen molar-refractivity contribution in [2.24, 2.45) is 0 Å². The van der Waals surface area contributed by atoms with E-state index in [1.54, 1.807) is 0 Å². The zero-order chi connectivity index (χ0) is 23.1. The van der Waals surface area contributed by atoms with Crippen LogP contribution in [-0.4, -0.2) is 0 Å². The number of unbranched alkanes of at least 4 members (excludes halogenated alkanes) is 6. The van der Waals surface area contributed by atoms with Crippen molar-refractivity contribution < 1.29 is 26.3 Å². The van der Waals surface area contributed by atoms with Crippen LogP contribution in [0.4, 0.5) is 26.3 Å². The summed E-state index contributed by atoms with van der Waals surface area (Å²) in [5.41, 5.74) is -3.38. The van der Waals surface area contributed by atoms with Gasteiger partial charge in [0.15, 0.2) is 0 Å². The Bertz CT molecular complexity index is 762. The average Bonchev–Trinajstić information content (AvgIpc) is 2.71. The molecule has 0 spiro atoms. The summed E-state index contributed by atoms with van der Waals surface area (Å²) in [6.07, 6.45) is -2.45. The van der Waals surface area contributed by atoms with Gasteiger partial charge in [0.05, 0.1) is 11.1 Å². The zero-order valence-electron chi connectivity index (χ0n) is 18.0. The normalized spacial score (nSPS) is 12.9. The maximum atomic E-state index is 13.8. The van der Waals surface area contributed by atoms with E-state index in [1.807, 2.05) is 0 Å². The molecule has 0 bridgehead atoms. The summed E-state index contributed by atoms with van der Waals surface area (Å²) in [7, 11) is 0. The van der Waals surface area contributed by atoms with Gasteiger partial charge in [0.2, 0.25) is 0 Å². The summed E-state index contributed by atoms with van der Waals surface area (Å²) >= 11 is 0. The molecule has 0 unspecified atom stereocenters. The largest absolute Gasteiger partial charge is 0.416 e. The van der Waals surface area contributed by atoms with Gasteiger partial charge in [-0.25, -0.2) is 0 Å². The molecular weight excluding hydrogens is 414 g/mol. The fraction of sp³-hybridized carbons (Fsp3) is 0.520. The van der Waals surface area contributed by atoms with Gasteiger partial charge in [0.25, 0.3) is 0 Å². The van der Waals surface area contributed by atoms with Crippen molar-refractivity contribution in [3.63, 3.8) is 0 Å². The lowest BCUT2D eigenvalue weighted by molar-refractivity contribution is -0.139. The summed E-state index contributed by atoms with van der Waals surface area (Å²) in [6.45, 7) is 3.63. The minimum absolute atomic E-state index is 0.106. The molecule has 0 amide bonds. The first kappa shape index (κ1) is 25.3. The number of benzene rings is 2. The molecular formula is C25H30F6. The summed E-state index contributed by atoms with van der Waals surface area (Å²) in [5.74, 6) is 0. The summed E-state index contributed by atoms with van der Waals surface area (Å²) < 4.78 is 82.6. The summed E-state index contributed by atoms with van der Waals surface area (Å²) in [6, 6.07) is 10.0. The van der Waals surface area contributed by atoms with Gasteiger partial charge in [0, 0.05) is 5.41 Å². The lowest BCUT2D eigenvalue weighted by Crippen LogP contribution is -2.30. The standard InChI is InChI=1S/C25H30F6/c1-3-4-5-6-7-8-13-18-23(2,19-14-9-11-16-21(19)24(26,27)28)20-15-10-12-17-22(20)25(29,30)31/h9-12,14-17H,3-8,13,18H2,1-2H3. The van der Waals surface area contributed by atoms with Crippen molar-refractivity contribution >= 4 is 0 Å². The molecule has 0 aliphatic heterocycles. The highest BCUT2D eigenvalue weighted by molar-refractivity contribution is 5.48. The minimum Gasteiger partial charge on any atom is -0.166 e. The molecule has 0 nitrogen and oxygen atoms in total. The summed E-state index contributed by atoms with van der Waals surface area (Å²) in [4.78, 5) is 0. The van der Waals surface area contributed by atoms with Gasteiger partial charge >= 0.3 is 12.4 Å². The average molecular weight is 445 g/mol. The quantitative estimate of drug-likeness (QED) is 0.253. The van der Waals surface area contributed by atoms with E-state index in [-0.39, 0.29) is 17.5 Å². The molecule has 0 fully saturated rings. The van der Waals surface area contributed by atoms with Crippen molar-refractivity contribution in [3.8, 4) is 0 Å². The molecule has 0 saturated heterocycles. The van der Waals surface area contributed by atoms with Crippen molar-refractivity contribution in [3.05, 3.63) is 70.8 Å². The van der Waals surface area contributed by atoms with E-state index in [2.05, 4.69) is 6.92 Å². The number of hydrogen-bond acceptors (Lipinski definition) is 0. The van der Waals surface area contributed by atoms with Crippen LogP contribution < -0.4 is 0 Å². The van der Waals surface area contributed by atoms with Crippen LogP contribution in [0, 0.1) is 0 Å². The maximum absolute atomic E-state index is 13.8. The van der Waals surface area contributed by atoms with Crippen molar-refractivity contribution in [1.29, 1.82) is 0 Å². The highest BCUT2D eigenvalue weighted by Gasteiger charge is 2.44. The van der Waals surface area contributed by atoms with Crippen LogP contribution in [0.5, 0.6) is 0 Å². The molecule has 2 aromatic carbocycles. The van der Waals surface area contributed by atoms with E-state index in [0.29, 0.717) is 6.42 Å². The third-order valence-electron chi connectivity index (χ3n) is 5.93. The minimum atomic E-state index is -4.65. The molecule has 0 radical (unpaired) electrons. The smallest absolute Gasteiger partial charge is 0.166 e. The van der Waals surface area contributed by atoms with E-state index in [9.17, 15) is 26.3 Å². The number of alkyl halides is 6. The Balaban J connectivity index is 2.46. The van der Waals surface area contributed by atoms with Crippen LogP contribution in [-0.2, 0) is 17.8 Å². The first-order valence-corrected chi connectivity index (χ1v) is 10.8. The van der Waals surface area contributed by atoms with E-state index in [1.165, 1.54) is 43.3 Å². The molecule has 2 aromatic rings. The molecule has 0 atom stereocenters. The topological polar surface area (TPSA) is 0 Å². The second kappa shape index (κ2) is 10.6. The van der Waals surface area contributed by atoms with Crippen LogP contribution >= 0.6 is 0 Å². The Kier molecular flexibility index (Phi) is 8.61. The molecule has 0 aliphatic carbocycles. The van der Waals surface area contributed by atoms with Crippen molar-refractivity contribution in [2.75, 3.05) is 0 Å². The number of halogens is 6. The highest BCUT2D eigenvalue weighted by atomic mass is 19.4. The van der Waals surface area contributed by atoms with E-state index < -0.39 is 28.9 Å². The van der Waals surface area contributed by atoms with Gasteiger partial charge in [-0.3, -0.25) is 0 Å². The van der Waals surface area contributed by atoms with Gasteiger partial charge in [-0.2, -0.15) is 26.3 Å². The Morgan fingerprint density at radius 1 is 0.548 bits per heavy atom. The maximum Gasteiger partial charge on any atom is 0.416 e. The molecule has 0 aromatic heterocycles. The first-order valence-electron chi connectivity index (χ1n) is 10.8. The van der Waals surface area contributed by atoms with Gasteiger partial charge in [-0.15, -0.1) is 0 Å². The van der Waals surface area contributed by atoms with Crippen LogP contribution in [0.25, 0.3) is 0 Å². The lowest BCUT2D eigenvalue weighted by atomic mass is 9.69. The predicted octanol–water partition coefficient (Wildman–Crippen LogP) is 9.17.